The zero-order valence-electron chi connectivity index (χ0n) is 13.3. The highest BCUT2D eigenvalue weighted by Gasteiger charge is 2.31. The van der Waals surface area contributed by atoms with Crippen molar-refractivity contribution < 1.29 is 18.7 Å². The molecule has 1 amide bonds. The molecule has 5 heteroatoms. The largest absolute Gasteiger partial charge is 0.365 e. The maximum atomic E-state index is 13.0. The number of Topliss-reactive ketones (excluding diaryl/α,β-unsaturated/α-hetero) is 1. The summed E-state index contributed by atoms with van der Waals surface area (Å²) in [5.41, 5.74) is 0.488. The Bertz CT molecular complexity index is 570. The van der Waals surface area contributed by atoms with Gasteiger partial charge in [-0.15, -0.1) is 6.58 Å². The maximum Gasteiger partial charge on any atom is 0.251 e. The molecule has 1 heterocycles. The maximum absolute atomic E-state index is 13.0. The average molecular weight is 319 g/mol. The predicted octanol–water partition coefficient (Wildman–Crippen LogP) is 2.84. The van der Waals surface area contributed by atoms with Crippen molar-refractivity contribution in [3.8, 4) is 0 Å². The molecule has 0 bridgehead atoms. The summed E-state index contributed by atoms with van der Waals surface area (Å²) < 4.78 is 18.3. The number of likely N-dealkylation sites (tertiary alicyclic amines) is 1. The lowest BCUT2D eigenvalue weighted by molar-refractivity contribution is -0.143. The van der Waals surface area contributed by atoms with Crippen LogP contribution in [-0.4, -0.2) is 42.4 Å². The Kier molecular flexibility index (Phi) is 6.04. The minimum Gasteiger partial charge on any atom is -0.365 e. The zero-order valence-corrected chi connectivity index (χ0v) is 13.3. The summed E-state index contributed by atoms with van der Waals surface area (Å²) in [6.45, 7) is 6.60. The fraction of sp³-hybridized carbons (Fsp3) is 0.444. The number of hydrogen-bond donors (Lipinski definition) is 0. The molecule has 1 saturated heterocycles. The second kappa shape index (κ2) is 8.02. The monoisotopic (exact) mass is 319 g/mol. The summed E-state index contributed by atoms with van der Waals surface area (Å²) >= 11 is 0. The van der Waals surface area contributed by atoms with E-state index in [2.05, 4.69) is 6.58 Å². The van der Waals surface area contributed by atoms with Gasteiger partial charge in [-0.3, -0.25) is 9.59 Å². The Balaban J connectivity index is 1.99. The molecule has 1 aliphatic rings. The lowest BCUT2D eigenvalue weighted by Crippen LogP contribution is -2.46. The predicted molar refractivity (Wildman–Crippen MR) is 85.6 cm³/mol. The molecule has 1 aromatic rings. The third kappa shape index (κ3) is 4.48. The molecule has 1 fully saturated rings. The second-order valence-corrected chi connectivity index (χ2v) is 5.76. The van der Waals surface area contributed by atoms with E-state index < -0.39 is 6.10 Å². The second-order valence-electron chi connectivity index (χ2n) is 5.76. The minimum absolute atomic E-state index is 0.0397. The van der Waals surface area contributed by atoms with Crippen LogP contribution < -0.4 is 0 Å². The van der Waals surface area contributed by atoms with Crippen molar-refractivity contribution in [3.63, 3.8) is 0 Å². The topological polar surface area (TPSA) is 46.6 Å². The molecule has 0 unspecified atom stereocenters. The summed E-state index contributed by atoms with van der Waals surface area (Å²) in [6, 6.07) is 5.55. The Labute approximate surface area is 135 Å². The first-order valence-electron chi connectivity index (χ1n) is 7.84. The van der Waals surface area contributed by atoms with Crippen molar-refractivity contribution >= 4 is 11.7 Å². The molecule has 0 spiro atoms. The Morgan fingerprint density at radius 2 is 2.13 bits per heavy atom. The van der Waals surface area contributed by atoms with Crippen LogP contribution in [0.5, 0.6) is 0 Å². The molecule has 2 rings (SSSR count). The number of rotatable bonds is 6. The lowest BCUT2D eigenvalue weighted by Gasteiger charge is -2.33. The molecule has 1 aromatic carbocycles. The number of ether oxygens (including phenoxy) is 1. The van der Waals surface area contributed by atoms with Gasteiger partial charge in [0.2, 0.25) is 0 Å². The van der Waals surface area contributed by atoms with Crippen LogP contribution in [0.1, 0.15) is 30.1 Å². The van der Waals surface area contributed by atoms with Gasteiger partial charge in [0.25, 0.3) is 5.91 Å². The minimum atomic E-state index is -0.548. The molecule has 124 valence electrons. The first kappa shape index (κ1) is 17.3. The molecule has 4 nitrogen and oxygen atoms in total. The highest BCUT2D eigenvalue weighted by atomic mass is 19.1. The Morgan fingerprint density at radius 3 is 2.78 bits per heavy atom. The van der Waals surface area contributed by atoms with E-state index in [1.807, 2.05) is 0 Å². The first-order chi connectivity index (χ1) is 11.0. The number of amides is 1. The van der Waals surface area contributed by atoms with Crippen molar-refractivity contribution in [1.29, 1.82) is 0 Å². The molecule has 0 saturated carbocycles. The molecule has 0 radical (unpaired) electrons. The van der Waals surface area contributed by atoms with E-state index in [1.54, 1.807) is 17.9 Å². The third-order valence-corrected chi connectivity index (χ3v) is 4.04. The summed E-state index contributed by atoms with van der Waals surface area (Å²) in [5.74, 6) is -0.759. The third-order valence-electron chi connectivity index (χ3n) is 4.04. The van der Waals surface area contributed by atoms with Gasteiger partial charge < -0.3 is 9.64 Å². The van der Waals surface area contributed by atoms with Crippen molar-refractivity contribution in [2.45, 2.75) is 25.9 Å². The number of carbonyl (C=O) groups is 2. The van der Waals surface area contributed by atoms with Gasteiger partial charge in [-0.05, 0) is 44.0 Å². The summed E-state index contributed by atoms with van der Waals surface area (Å²) in [4.78, 5) is 26.6. The van der Waals surface area contributed by atoms with Crippen LogP contribution in [0.25, 0.3) is 0 Å². The summed E-state index contributed by atoms with van der Waals surface area (Å²) in [6.07, 6.45) is 2.56. The fourth-order valence-electron chi connectivity index (χ4n) is 2.78. The van der Waals surface area contributed by atoms with Gasteiger partial charge in [0.05, 0.1) is 6.61 Å². The molecular weight excluding hydrogens is 297 g/mol. The van der Waals surface area contributed by atoms with Gasteiger partial charge in [-0.1, -0.05) is 6.08 Å². The van der Waals surface area contributed by atoms with E-state index in [-0.39, 0.29) is 23.4 Å². The zero-order chi connectivity index (χ0) is 16.8. The highest BCUT2D eigenvalue weighted by molar-refractivity contribution is 5.98. The van der Waals surface area contributed by atoms with Crippen LogP contribution in [0.3, 0.4) is 0 Å². The van der Waals surface area contributed by atoms with E-state index in [0.29, 0.717) is 25.3 Å². The van der Waals surface area contributed by atoms with Gasteiger partial charge in [0.1, 0.15) is 11.9 Å². The molecule has 0 aromatic heterocycles. The highest BCUT2D eigenvalue weighted by Crippen LogP contribution is 2.22. The van der Waals surface area contributed by atoms with Crippen LogP contribution in [0, 0.1) is 11.7 Å². The molecule has 2 atom stereocenters. The lowest BCUT2D eigenvalue weighted by atomic mass is 9.90. The standard InChI is InChI=1S/C18H22FNO3/c1-3-11-23-13(2)18(22)20-10-4-5-15(12-20)17(21)14-6-8-16(19)9-7-14/h3,6-9,13,15H,1,4-5,10-12H2,2H3/t13-,15+/m1/s1. The van der Waals surface area contributed by atoms with E-state index in [9.17, 15) is 14.0 Å². The summed E-state index contributed by atoms with van der Waals surface area (Å²) in [5, 5.41) is 0. The van der Waals surface area contributed by atoms with E-state index in [0.717, 1.165) is 12.8 Å². The normalized spacial score (nSPS) is 19.2. The van der Waals surface area contributed by atoms with Crippen LogP contribution in [0.4, 0.5) is 4.39 Å². The van der Waals surface area contributed by atoms with Gasteiger partial charge in [-0.2, -0.15) is 0 Å². The van der Waals surface area contributed by atoms with Crippen LogP contribution >= 0.6 is 0 Å². The van der Waals surface area contributed by atoms with Crippen molar-refractivity contribution in [1.82, 2.24) is 4.90 Å². The van der Waals surface area contributed by atoms with Crippen molar-refractivity contribution in [2.24, 2.45) is 5.92 Å². The number of carbonyl (C=O) groups excluding carboxylic acids is 2. The van der Waals surface area contributed by atoms with Crippen molar-refractivity contribution in [2.75, 3.05) is 19.7 Å². The summed E-state index contributed by atoms with van der Waals surface area (Å²) in [7, 11) is 0. The molecule has 23 heavy (non-hydrogen) atoms. The number of piperidine rings is 1. The fourth-order valence-corrected chi connectivity index (χ4v) is 2.78. The van der Waals surface area contributed by atoms with Gasteiger partial charge in [0, 0.05) is 24.6 Å². The quantitative estimate of drug-likeness (QED) is 0.598. The number of hydrogen-bond acceptors (Lipinski definition) is 3. The number of nitrogens with zero attached hydrogens (tertiary/aromatic N) is 1. The first-order valence-corrected chi connectivity index (χ1v) is 7.84. The van der Waals surface area contributed by atoms with Crippen molar-refractivity contribution in [3.05, 3.63) is 48.3 Å². The van der Waals surface area contributed by atoms with Gasteiger partial charge in [-0.25, -0.2) is 4.39 Å². The smallest absolute Gasteiger partial charge is 0.251 e. The van der Waals surface area contributed by atoms with Gasteiger partial charge in [0.15, 0.2) is 5.78 Å². The van der Waals surface area contributed by atoms with E-state index >= 15 is 0 Å². The van der Waals surface area contributed by atoms with E-state index in [4.69, 9.17) is 4.74 Å². The van der Waals surface area contributed by atoms with Crippen LogP contribution in [-0.2, 0) is 9.53 Å². The number of halogens is 1. The average Bonchev–Trinajstić information content (AvgIpc) is 2.59. The molecule has 0 N–H and O–H groups in total. The number of benzene rings is 1. The SMILES string of the molecule is C=CCO[C@H](C)C(=O)N1CCC[C@H](C(=O)c2ccc(F)cc2)C1. The molecule has 0 aliphatic carbocycles. The van der Waals surface area contributed by atoms with Crippen LogP contribution in [0.2, 0.25) is 0 Å². The van der Waals surface area contributed by atoms with Crippen LogP contribution in [0.15, 0.2) is 36.9 Å². The number of ketones is 1. The van der Waals surface area contributed by atoms with E-state index in [1.165, 1.54) is 24.3 Å². The molecular formula is C18H22FNO3. The Hall–Kier alpha value is -2.01. The molecule has 1 aliphatic heterocycles. The Morgan fingerprint density at radius 1 is 1.43 bits per heavy atom. The van der Waals surface area contributed by atoms with Gasteiger partial charge >= 0.3 is 0 Å².